The van der Waals surface area contributed by atoms with Gasteiger partial charge in [-0.15, -0.1) is 17.8 Å². The van der Waals surface area contributed by atoms with E-state index in [0.717, 1.165) is 49.8 Å². The number of nitrogens with zero attached hydrogens (tertiary/aromatic N) is 1. The summed E-state index contributed by atoms with van der Waals surface area (Å²) in [5, 5.41) is 6.28. The zero-order valence-corrected chi connectivity index (χ0v) is 33.4. The van der Waals surface area contributed by atoms with Gasteiger partial charge in [0.15, 0.2) is 5.96 Å². The number of amides is 1. The summed E-state index contributed by atoms with van der Waals surface area (Å²) >= 11 is 0. The van der Waals surface area contributed by atoms with Gasteiger partial charge in [0.05, 0.1) is 6.04 Å². The molecule has 1 aliphatic heterocycles. The number of nitrogens with two attached hydrogens (primary N) is 1. The predicted octanol–water partition coefficient (Wildman–Crippen LogP) is 9.17. The zero-order valence-electron chi connectivity index (χ0n) is 29.2. The molecule has 0 bridgehead atoms. The second kappa shape index (κ2) is 22.4. The van der Waals surface area contributed by atoms with Crippen LogP contribution in [0, 0.1) is 50.0 Å². The molecule has 9 heteroatoms. The van der Waals surface area contributed by atoms with E-state index >= 15 is 0 Å². The first kappa shape index (κ1) is 43.8. The van der Waals surface area contributed by atoms with E-state index in [-0.39, 0.29) is 60.5 Å². The Morgan fingerprint density at radius 2 is 1.67 bits per heavy atom. The fraction of sp³-hybridized carbons (Fsp3) is 0.568. The summed E-state index contributed by atoms with van der Waals surface area (Å²) in [6, 6.07) is 13.7. The van der Waals surface area contributed by atoms with Gasteiger partial charge in [-0.1, -0.05) is 84.7 Å². The summed E-state index contributed by atoms with van der Waals surface area (Å²) in [7, 11) is 0. The van der Waals surface area contributed by atoms with Crippen molar-refractivity contribution in [2.75, 3.05) is 0 Å². The van der Waals surface area contributed by atoms with Crippen molar-refractivity contribution in [1.82, 2.24) is 10.6 Å². The van der Waals surface area contributed by atoms with Gasteiger partial charge in [-0.05, 0) is 79.5 Å². The van der Waals surface area contributed by atoms with Gasteiger partial charge in [0.25, 0.3) is 0 Å². The van der Waals surface area contributed by atoms with Crippen LogP contribution in [0.2, 0.25) is 0 Å². The molecule has 0 spiro atoms. The Morgan fingerprint density at radius 1 is 1.04 bits per heavy atom. The first-order chi connectivity index (χ1) is 21.3. The van der Waals surface area contributed by atoms with Gasteiger partial charge in [-0.3, -0.25) is 16.7 Å². The summed E-state index contributed by atoms with van der Waals surface area (Å²) in [6.45, 7) is 20.1. The minimum Gasteiger partial charge on any atom is -0.411 e. The van der Waals surface area contributed by atoms with Gasteiger partial charge in [-0.2, -0.15) is 18.7 Å². The average molecular weight is 868 g/mol. The van der Waals surface area contributed by atoms with Crippen molar-refractivity contribution in [2.24, 2.45) is 16.1 Å². The number of hydrogen-bond donors (Lipinski definition) is 3. The number of nitrogens with one attached hydrogen (secondary N) is 2. The third-order valence-corrected chi connectivity index (χ3v) is 7.54. The van der Waals surface area contributed by atoms with E-state index in [0.29, 0.717) is 6.42 Å². The van der Waals surface area contributed by atoms with Crippen LogP contribution in [0.3, 0.4) is 0 Å². The number of carbonyl (C=O) groups excluding carboxylic acids is 1. The van der Waals surface area contributed by atoms with Crippen molar-refractivity contribution in [2.45, 2.75) is 132 Å². The molecule has 0 fully saturated rings. The van der Waals surface area contributed by atoms with Gasteiger partial charge in [0.1, 0.15) is 0 Å². The molecule has 4 N–H and O–H groups in total. The van der Waals surface area contributed by atoms with E-state index < -0.39 is 6.68 Å². The average Bonchev–Trinajstić information content (AvgIpc) is 3.45. The summed E-state index contributed by atoms with van der Waals surface area (Å²) < 4.78 is 29.0. The van der Waals surface area contributed by atoms with Gasteiger partial charge in [0, 0.05) is 43.6 Å². The van der Waals surface area contributed by atoms with E-state index in [4.69, 9.17) is 12.3 Å². The van der Waals surface area contributed by atoms with Crippen molar-refractivity contribution in [1.29, 1.82) is 0 Å². The Labute approximate surface area is 300 Å². The second-order valence-corrected chi connectivity index (χ2v) is 12.3. The fourth-order valence-corrected chi connectivity index (χ4v) is 5.64. The quantitative estimate of drug-likeness (QED) is 0.165. The van der Waals surface area contributed by atoms with Crippen LogP contribution < -0.4 is 16.4 Å². The van der Waals surface area contributed by atoms with E-state index in [1.807, 2.05) is 27.7 Å². The molecule has 0 radical (unpaired) electrons. The second-order valence-electron chi connectivity index (χ2n) is 12.3. The van der Waals surface area contributed by atoms with E-state index in [9.17, 15) is 18.0 Å². The summed E-state index contributed by atoms with van der Waals surface area (Å²) in [5.74, 6) is 0.215. The summed E-state index contributed by atoms with van der Waals surface area (Å²) in [5.41, 5.74) is 14.5. The Kier molecular flexibility index (Phi) is 21.3. The van der Waals surface area contributed by atoms with Crippen LogP contribution in [0.4, 0.5) is 13.2 Å². The minimum absolute atomic E-state index is 0. The molecule has 1 amide bonds. The largest absolute Gasteiger partial charge is 0.411 e. The zero-order chi connectivity index (χ0) is 34.2. The van der Waals surface area contributed by atoms with Gasteiger partial charge < -0.3 is 11.1 Å². The first-order valence-corrected chi connectivity index (χ1v) is 16.5. The molecule has 2 aliphatic rings. The number of aliphatic imine (C=N–C) groups is 1. The molecule has 4 rings (SSSR count). The number of carbonyl (C=O) groups is 1. The normalized spacial score (nSPS) is 15.6. The van der Waals surface area contributed by atoms with Crippen LogP contribution in [-0.2, 0) is 24.1 Å². The molecule has 2 atom stereocenters. The van der Waals surface area contributed by atoms with Crippen LogP contribution in [0.25, 0.3) is 5.70 Å². The predicted molar refractivity (Wildman–Crippen MR) is 183 cm³/mol. The number of aryl methyl sites for hydroxylation is 4. The minimum atomic E-state index is -3.67. The number of halogens is 3. The molecule has 256 valence electrons. The van der Waals surface area contributed by atoms with Crippen molar-refractivity contribution < 1.29 is 49.1 Å². The number of alkyl halides is 3. The molecular weight excluding hydrogens is 811 g/mol. The van der Waals surface area contributed by atoms with E-state index in [2.05, 4.69) is 79.7 Å². The van der Waals surface area contributed by atoms with E-state index in [1.165, 1.54) is 40.7 Å². The molecular formula is C37H56F3N4OU-. The van der Waals surface area contributed by atoms with E-state index in [1.54, 1.807) is 0 Å². The van der Waals surface area contributed by atoms with Gasteiger partial charge in [-0.25, -0.2) is 4.99 Å². The van der Waals surface area contributed by atoms with Crippen molar-refractivity contribution in [3.63, 3.8) is 0 Å². The Hall–Kier alpha value is -2.24. The summed E-state index contributed by atoms with van der Waals surface area (Å²) in [4.78, 5) is 16.1. The molecule has 5 nitrogen and oxygen atoms in total. The molecule has 0 saturated heterocycles. The smallest absolute Gasteiger partial charge is 0.379 e. The van der Waals surface area contributed by atoms with Crippen molar-refractivity contribution in [3.05, 3.63) is 76.4 Å². The molecule has 0 aromatic heterocycles. The Balaban J connectivity index is 0.00000205. The fourth-order valence-electron chi connectivity index (χ4n) is 5.64. The van der Waals surface area contributed by atoms with Crippen LogP contribution in [-0.4, -0.2) is 24.6 Å². The Bertz CT molecular complexity index is 1240. The number of rotatable bonds is 10. The summed E-state index contributed by atoms with van der Waals surface area (Å²) in [6.07, 6.45) is 8.92. The van der Waals surface area contributed by atoms with Crippen LogP contribution in [0.15, 0.2) is 41.4 Å². The molecule has 0 saturated carbocycles. The maximum absolute atomic E-state index is 11.7. The maximum Gasteiger partial charge on any atom is 0.379 e. The van der Waals surface area contributed by atoms with Crippen molar-refractivity contribution in [3.8, 4) is 0 Å². The van der Waals surface area contributed by atoms with Crippen LogP contribution in [0.5, 0.6) is 0 Å². The molecule has 2 unspecified atom stereocenters. The monoisotopic (exact) mass is 867 g/mol. The first-order valence-electron chi connectivity index (χ1n) is 16.5. The molecule has 46 heavy (non-hydrogen) atoms. The number of fused-ring (bicyclic) bond motifs is 1. The number of unbranched alkanes of at least 4 members (excludes halogenated alkanes) is 1. The third-order valence-electron chi connectivity index (χ3n) is 7.54. The molecule has 2 aromatic carbocycles. The number of benzene rings is 2. The SMILES string of the molecule is CC.CC.FC(F)F.[CH-]=C(NC(CC(C)(C)C)c1cc(CCCCC2CC(=O)NC(N)=N2)ccc1C)c1ccc2c(c1)CCC2.[U]. The maximum atomic E-state index is 11.7. The van der Waals surface area contributed by atoms with Crippen LogP contribution in [0.1, 0.15) is 126 Å². The third kappa shape index (κ3) is 16.0. The molecule has 2 aromatic rings. The number of hydrogen-bond acceptors (Lipinski definition) is 4. The number of guanidine groups is 1. The Morgan fingerprint density at radius 3 is 2.28 bits per heavy atom. The molecule has 1 heterocycles. The molecule has 1 aliphatic carbocycles. The standard InChI is InChI=1S/C32H43N4O.2C2H6.CHF3.U/c1-21-13-14-23(9-6-7-12-27-19-30(37)36-31(33)35-27)17-28(21)29(20-32(3,4)5)34-22(2)25-16-15-24-10-8-11-26(24)18-25;2*1-2;2-1(3)4;/h2,13-18,27,29,34H,6-12,19-20H2,1,3-5H3,(H3,33,35,36,37);2*1-2H3;1H;/q-1;;;;. The van der Waals surface area contributed by atoms with Crippen LogP contribution >= 0.6 is 0 Å². The van der Waals surface area contributed by atoms with Gasteiger partial charge in [0.2, 0.25) is 5.91 Å². The van der Waals surface area contributed by atoms with Gasteiger partial charge >= 0.3 is 6.68 Å². The topological polar surface area (TPSA) is 79.5 Å². The van der Waals surface area contributed by atoms with Crippen molar-refractivity contribution >= 4 is 17.6 Å².